The van der Waals surface area contributed by atoms with Crippen LogP contribution in [0.4, 0.5) is 0 Å². The quantitative estimate of drug-likeness (QED) is 0.209. The van der Waals surface area contributed by atoms with Gasteiger partial charge in [0.25, 0.3) is 0 Å². The summed E-state index contributed by atoms with van der Waals surface area (Å²) in [6.45, 7) is 3.58. The number of piperazine rings is 1. The lowest BCUT2D eigenvalue weighted by molar-refractivity contribution is -0.143. The third-order valence-corrected chi connectivity index (χ3v) is 13.6. The third kappa shape index (κ3) is 8.46. The van der Waals surface area contributed by atoms with Crippen LogP contribution in [0.1, 0.15) is 49.1 Å². The normalized spacial score (nSPS) is 25.0. The smallest absolute Gasteiger partial charge is 0.336 e. The van der Waals surface area contributed by atoms with Gasteiger partial charge < -0.3 is 14.4 Å². The van der Waals surface area contributed by atoms with Gasteiger partial charge in [0.15, 0.2) is 0 Å². The highest BCUT2D eigenvalue weighted by Gasteiger charge is 2.47. The first-order chi connectivity index (χ1) is 26.7. The van der Waals surface area contributed by atoms with E-state index in [0.717, 1.165) is 32.5 Å². The molecule has 0 N–H and O–H groups in total. The lowest BCUT2D eigenvalue weighted by Gasteiger charge is -2.46. The van der Waals surface area contributed by atoms with Crippen molar-refractivity contribution < 1.29 is 28.1 Å². The highest BCUT2D eigenvalue weighted by atomic mass is 35.5. The number of amides is 1. The number of carbonyl (C=O) groups excluding carboxylic acids is 3. The third-order valence-electron chi connectivity index (χ3n) is 11.6. The molecule has 2 bridgehead atoms. The molecule has 7 rings (SSSR count). The largest absolute Gasteiger partial charge is 0.468 e. The lowest BCUT2D eigenvalue weighted by atomic mass is 9.75. The van der Waals surface area contributed by atoms with Crippen LogP contribution in [0, 0.1) is 5.92 Å². The summed E-state index contributed by atoms with van der Waals surface area (Å²) in [7, 11) is 0.840. The molecule has 10 nitrogen and oxygen atoms in total. The molecule has 0 radical (unpaired) electrons. The monoisotopic (exact) mass is 804 g/mol. The van der Waals surface area contributed by atoms with Crippen LogP contribution >= 0.6 is 23.2 Å². The molecular weight excluding hydrogens is 759 g/mol. The van der Waals surface area contributed by atoms with E-state index in [2.05, 4.69) is 40.1 Å². The van der Waals surface area contributed by atoms with Crippen LogP contribution in [-0.2, 0) is 41.2 Å². The summed E-state index contributed by atoms with van der Waals surface area (Å²) >= 11 is 13.5. The second-order valence-corrected chi connectivity index (χ2v) is 16.9. The van der Waals surface area contributed by atoms with E-state index in [1.54, 1.807) is 42.5 Å². The van der Waals surface area contributed by atoms with Crippen molar-refractivity contribution in [3.05, 3.63) is 111 Å². The first kappa shape index (κ1) is 39.4. The Balaban J connectivity index is 1.13. The number of methoxy groups -OCH3 is 2. The molecule has 1 amide bonds. The van der Waals surface area contributed by atoms with E-state index >= 15 is 0 Å². The van der Waals surface area contributed by atoms with Gasteiger partial charge in [-0.25, -0.2) is 4.79 Å². The van der Waals surface area contributed by atoms with Crippen LogP contribution in [0.15, 0.2) is 100 Å². The Morgan fingerprint density at radius 1 is 0.800 bits per heavy atom. The number of piperidine rings is 1. The van der Waals surface area contributed by atoms with E-state index in [9.17, 15) is 18.6 Å². The van der Waals surface area contributed by atoms with Gasteiger partial charge in [0, 0.05) is 77.4 Å². The van der Waals surface area contributed by atoms with Crippen molar-refractivity contribution in [2.24, 2.45) is 10.9 Å². The van der Waals surface area contributed by atoms with Crippen LogP contribution in [0.3, 0.4) is 0 Å². The van der Waals surface area contributed by atoms with E-state index in [1.165, 1.54) is 32.6 Å². The molecule has 0 saturated carbocycles. The minimum absolute atomic E-state index is 0.00753. The summed E-state index contributed by atoms with van der Waals surface area (Å²) in [4.78, 5) is 54.1. The number of rotatable bonds is 11. The molecule has 3 saturated heterocycles. The Bertz CT molecular complexity index is 1950. The maximum absolute atomic E-state index is 14.2. The molecule has 4 aliphatic heterocycles. The van der Waals surface area contributed by atoms with Gasteiger partial charge in [0.05, 0.1) is 48.5 Å². The Hall–Kier alpha value is -3.87. The van der Waals surface area contributed by atoms with Gasteiger partial charge in [-0.05, 0) is 61.1 Å². The van der Waals surface area contributed by atoms with Crippen molar-refractivity contribution in [3.63, 3.8) is 0 Å². The average molecular weight is 806 g/mol. The summed E-state index contributed by atoms with van der Waals surface area (Å²) in [6.07, 6.45) is 4.47. The summed E-state index contributed by atoms with van der Waals surface area (Å²) in [5.41, 5.74) is 1.97. The first-order valence-electron chi connectivity index (χ1n) is 18.8. The molecule has 4 unspecified atom stereocenters. The maximum Gasteiger partial charge on any atom is 0.336 e. The maximum atomic E-state index is 14.2. The van der Waals surface area contributed by atoms with Gasteiger partial charge in [0.1, 0.15) is 5.92 Å². The molecular formula is C42H46Cl2N4O6S. The van der Waals surface area contributed by atoms with Gasteiger partial charge in [-0.15, -0.1) is 0 Å². The first-order valence-corrected chi connectivity index (χ1v) is 20.9. The number of fused-ring (bicyclic) bond motifs is 2. The molecule has 0 aromatic heterocycles. The number of esters is 2. The predicted octanol–water partition coefficient (Wildman–Crippen LogP) is 6.29. The predicted molar refractivity (Wildman–Crippen MR) is 213 cm³/mol. The second-order valence-electron chi connectivity index (χ2n) is 14.6. The number of halogens is 2. The molecule has 0 spiro atoms. The molecule has 0 aliphatic carbocycles. The van der Waals surface area contributed by atoms with Crippen molar-refractivity contribution in [2.75, 3.05) is 46.2 Å². The van der Waals surface area contributed by atoms with Crippen LogP contribution in [-0.4, -0.2) is 107 Å². The fraction of sp³-hybridized carbons (Fsp3) is 0.429. The molecule has 4 aliphatic rings. The van der Waals surface area contributed by atoms with Gasteiger partial charge in [-0.2, -0.15) is 0 Å². The Kier molecular flexibility index (Phi) is 12.5. The number of hydrogen-bond donors (Lipinski definition) is 0. The number of nitrogens with zero attached hydrogens (tertiary/aromatic N) is 4. The van der Waals surface area contributed by atoms with Gasteiger partial charge in [0.2, 0.25) is 5.91 Å². The fourth-order valence-corrected chi connectivity index (χ4v) is 10.7. The minimum Gasteiger partial charge on any atom is -0.468 e. The van der Waals surface area contributed by atoms with E-state index in [1.807, 2.05) is 11.0 Å². The van der Waals surface area contributed by atoms with Crippen LogP contribution < -0.4 is 0 Å². The van der Waals surface area contributed by atoms with E-state index in [4.69, 9.17) is 37.7 Å². The number of carbonyl (C=O) groups is 3. The van der Waals surface area contributed by atoms with Gasteiger partial charge in [-0.1, -0.05) is 77.8 Å². The van der Waals surface area contributed by atoms with E-state index in [0.29, 0.717) is 41.7 Å². The van der Waals surface area contributed by atoms with Crippen LogP contribution in [0.2, 0.25) is 10.0 Å². The van der Waals surface area contributed by atoms with Crippen molar-refractivity contribution in [1.29, 1.82) is 0 Å². The summed E-state index contributed by atoms with van der Waals surface area (Å²) in [5, 5.41) is 0.416. The van der Waals surface area contributed by atoms with E-state index in [-0.39, 0.29) is 45.1 Å². The van der Waals surface area contributed by atoms with Gasteiger partial charge in [-0.3, -0.25) is 28.6 Å². The zero-order chi connectivity index (χ0) is 38.6. The average Bonchev–Trinajstić information content (AvgIpc) is 3.42. The number of benzene rings is 3. The second kappa shape index (κ2) is 17.5. The van der Waals surface area contributed by atoms with Crippen molar-refractivity contribution >= 4 is 57.6 Å². The van der Waals surface area contributed by atoms with Crippen molar-refractivity contribution in [3.8, 4) is 0 Å². The molecule has 5 atom stereocenters. The van der Waals surface area contributed by atoms with Crippen molar-refractivity contribution in [2.45, 2.75) is 67.6 Å². The van der Waals surface area contributed by atoms with Crippen LogP contribution in [0.5, 0.6) is 0 Å². The summed E-state index contributed by atoms with van der Waals surface area (Å²) in [5.74, 6) is -4.19. The zero-order valence-corrected chi connectivity index (χ0v) is 33.4. The number of aliphatic imine (C=N–C) groups is 1. The standard InChI is InChI=1S/C42H46Cl2N4O6S/c1-53-41(50)38-34(24-36(49)47-20-18-46(19-21-47)30-22-28-16-17-29(23-30)48(28)25-27-10-5-3-6-11-27)45-35(26-55(52)31-12-7-4-8-13-31)39(42(51)54-2)40(38)37-32(43)14-9-15-33(37)44/h3-15,28-30,39-40H,16-26H2,1-2H3/t28?,29?,30?,39?,40-,55?/m0/s1. The van der Waals surface area contributed by atoms with E-state index < -0.39 is 34.6 Å². The van der Waals surface area contributed by atoms with Gasteiger partial charge >= 0.3 is 11.9 Å². The highest BCUT2D eigenvalue weighted by molar-refractivity contribution is 7.85. The Morgan fingerprint density at radius 2 is 1.42 bits per heavy atom. The lowest BCUT2D eigenvalue weighted by Crippen LogP contribution is -2.56. The summed E-state index contributed by atoms with van der Waals surface area (Å²) < 4.78 is 24.3. The Labute approximate surface area is 334 Å². The molecule has 290 valence electrons. The van der Waals surface area contributed by atoms with Crippen LogP contribution in [0.25, 0.3) is 0 Å². The molecule has 4 heterocycles. The van der Waals surface area contributed by atoms with Crippen molar-refractivity contribution in [1.82, 2.24) is 14.7 Å². The highest BCUT2D eigenvalue weighted by Crippen LogP contribution is 2.46. The summed E-state index contributed by atoms with van der Waals surface area (Å²) in [6, 6.07) is 26.0. The Morgan fingerprint density at radius 3 is 2.02 bits per heavy atom. The molecule has 3 fully saturated rings. The SMILES string of the molecule is COC(=O)C1=C(CC(=O)N2CCN(C3CC4CCC(C3)N4Cc3ccccc3)CC2)N=C(CS(=O)c2ccccc2)C(C(=O)OC)[C@H]1c1c(Cl)cccc1Cl. The molecule has 13 heteroatoms. The zero-order valence-electron chi connectivity index (χ0n) is 31.1. The molecule has 3 aromatic carbocycles. The molecule has 55 heavy (non-hydrogen) atoms. The molecule has 3 aromatic rings. The minimum atomic E-state index is -1.63. The number of ether oxygens (including phenoxy) is 2. The fourth-order valence-electron chi connectivity index (χ4n) is 8.95. The number of hydrogen-bond acceptors (Lipinski definition) is 9. The topological polar surface area (TPSA) is 109 Å².